The smallest absolute Gasteiger partial charge is 0.247 e. The fourth-order valence-corrected chi connectivity index (χ4v) is 5.41. The van der Waals surface area contributed by atoms with Gasteiger partial charge in [0, 0.05) is 23.7 Å². The summed E-state index contributed by atoms with van der Waals surface area (Å²) in [6, 6.07) is 15.1. The molecule has 1 saturated heterocycles. The molecule has 1 aliphatic heterocycles. The molecule has 1 aliphatic rings. The quantitative estimate of drug-likeness (QED) is 0.623. The molecule has 154 valence electrons. The van der Waals surface area contributed by atoms with Crippen LogP contribution in [0.4, 0.5) is 0 Å². The number of sulfone groups is 1. The fourth-order valence-electron chi connectivity index (χ4n) is 3.48. The van der Waals surface area contributed by atoms with Crippen molar-refractivity contribution < 1.29 is 13.2 Å². The highest BCUT2D eigenvalue weighted by molar-refractivity contribution is 7.91. The number of benzene rings is 2. The SMILES string of the molecule is CC(C)c1ccc(CN(C(=O)/C=C\c2ccccc2Cl)[C@H]2CCS(=O)(=O)C2)cc1. The first-order chi connectivity index (χ1) is 13.7. The molecule has 1 fully saturated rings. The monoisotopic (exact) mass is 431 g/mol. The average molecular weight is 432 g/mol. The molecular formula is C23H26ClNO3S. The van der Waals surface area contributed by atoms with E-state index in [2.05, 4.69) is 26.0 Å². The van der Waals surface area contributed by atoms with Crippen LogP contribution in [0.3, 0.4) is 0 Å². The number of hydrogen-bond acceptors (Lipinski definition) is 3. The summed E-state index contributed by atoms with van der Waals surface area (Å²) in [5, 5.41) is 0.566. The molecular weight excluding hydrogens is 406 g/mol. The number of carbonyl (C=O) groups is 1. The highest BCUT2D eigenvalue weighted by Gasteiger charge is 2.34. The van der Waals surface area contributed by atoms with Gasteiger partial charge in [-0.3, -0.25) is 4.79 Å². The van der Waals surface area contributed by atoms with Crippen LogP contribution in [-0.4, -0.2) is 36.8 Å². The Balaban J connectivity index is 1.82. The lowest BCUT2D eigenvalue weighted by Crippen LogP contribution is -2.39. The summed E-state index contributed by atoms with van der Waals surface area (Å²) in [7, 11) is -3.10. The summed E-state index contributed by atoms with van der Waals surface area (Å²) in [5.74, 6) is 0.366. The summed E-state index contributed by atoms with van der Waals surface area (Å²) in [6.45, 7) is 4.64. The topological polar surface area (TPSA) is 54.5 Å². The summed E-state index contributed by atoms with van der Waals surface area (Å²) >= 11 is 6.17. The molecule has 0 saturated carbocycles. The van der Waals surface area contributed by atoms with E-state index in [1.807, 2.05) is 30.3 Å². The van der Waals surface area contributed by atoms with Gasteiger partial charge in [-0.15, -0.1) is 0 Å². The number of nitrogens with zero attached hydrogens (tertiary/aromatic N) is 1. The molecule has 4 nitrogen and oxygen atoms in total. The van der Waals surface area contributed by atoms with Gasteiger partial charge in [-0.1, -0.05) is 67.9 Å². The van der Waals surface area contributed by atoms with Crippen molar-refractivity contribution >= 4 is 33.4 Å². The van der Waals surface area contributed by atoms with E-state index >= 15 is 0 Å². The van der Waals surface area contributed by atoms with E-state index in [9.17, 15) is 13.2 Å². The Labute approximate surface area is 178 Å². The molecule has 0 radical (unpaired) electrons. The number of rotatable bonds is 6. The predicted molar refractivity (Wildman–Crippen MR) is 119 cm³/mol. The third-order valence-electron chi connectivity index (χ3n) is 5.24. The first-order valence-corrected chi connectivity index (χ1v) is 12.0. The molecule has 1 amide bonds. The Morgan fingerprint density at radius 3 is 2.45 bits per heavy atom. The second-order valence-electron chi connectivity index (χ2n) is 7.77. The molecule has 0 unspecified atom stereocenters. The van der Waals surface area contributed by atoms with E-state index in [-0.39, 0.29) is 23.5 Å². The molecule has 0 spiro atoms. The molecule has 6 heteroatoms. The van der Waals surface area contributed by atoms with E-state index in [1.54, 1.807) is 17.0 Å². The summed E-state index contributed by atoms with van der Waals surface area (Å²) in [6.07, 6.45) is 3.63. The molecule has 2 aromatic rings. The Morgan fingerprint density at radius 1 is 1.17 bits per heavy atom. The van der Waals surface area contributed by atoms with Gasteiger partial charge in [0.15, 0.2) is 9.84 Å². The minimum atomic E-state index is -3.10. The molecule has 0 bridgehead atoms. The lowest BCUT2D eigenvalue weighted by molar-refractivity contribution is -0.128. The predicted octanol–water partition coefficient (Wildman–Crippen LogP) is 4.69. The van der Waals surface area contributed by atoms with Crippen molar-refractivity contribution in [2.24, 2.45) is 0 Å². The maximum absolute atomic E-state index is 13.0. The van der Waals surface area contributed by atoms with E-state index in [4.69, 9.17) is 11.6 Å². The molecule has 0 aliphatic carbocycles. The zero-order valence-corrected chi connectivity index (χ0v) is 18.3. The van der Waals surface area contributed by atoms with Crippen molar-refractivity contribution in [2.75, 3.05) is 11.5 Å². The molecule has 2 aromatic carbocycles. The van der Waals surface area contributed by atoms with E-state index in [0.29, 0.717) is 23.9 Å². The van der Waals surface area contributed by atoms with Crippen molar-refractivity contribution in [1.29, 1.82) is 0 Å². The Morgan fingerprint density at radius 2 is 1.86 bits per heavy atom. The highest BCUT2D eigenvalue weighted by atomic mass is 35.5. The summed E-state index contributed by atoms with van der Waals surface area (Å²) in [5.41, 5.74) is 2.97. The van der Waals surface area contributed by atoms with Crippen LogP contribution in [0.15, 0.2) is 54.6 Å². The Hall–Kier alpha value is -2.11. The Kier molecular flexibility index (Phi) is 6.81. The zero-order chi connectivity index (χ0) is 21.0. The van der Waals surface area contributed by atoms with Gasteiger partial charge >= 0.3 is 0 Å². The molecule has 0 N–H and O–H groups in total. The third-order valence-corrected chi connectivity index (χ3v) is 7.34. The van der Waals surface area contributed by atoms with Crippen molar-refractivity contribution in [1.82, 2.24) is 4.90 Å². The highest BCUT2D eigenvalue weighted by Crippen LogP contribution is 2.23. The minimum Gasteiger partial charge on any atom is -0.331 e. The summed E-state index contributed by atoms with van der Waals surface area (Å²) in [4.78, 5) is 14.7. The standard InChI is InChI=1S/C23H26ClNO3S/c1-17(2)19-9-7-18(8-10-19)15-25(21-13-14-29(27,28)16-21)23(26)12-11-20-5-3-4-6-22(20)24/h3-12,17,21H,13-16H2,1-2H3/b12-11-/t21-/m0/s1. The number of carbonyl (C=O) groups excluding carboxylic acids is 1. The van der Waals surface area contributed by atoms with Crippen LogP contribution in [0.5, 0.6) is 0 Å². The normalized spacial score (nSPS) is 18.4. The lowest BCUT2D eigenvalue weighted by Gasteiger charge is -2.27. The second-order valence-corrected chi connectivity index (χ2v) is 10.4. The maximum Gasteiger partial charge on any atom is 0.247 e. The first kappa shape index (κ1) is 21.6. The fraction of sp³-hybridized carbons (Fsp3) is 0.348. The van der Waals surface area contributed by atoms with Gasteiger partial charge in [-0.05, 0) is 41.2 Å². The van der Waals surface area contributed by atoms with Crippen molar-refractivity contribution in [3.05, 3.63) is 76.3 Å². The van der Waals surface area contributed by atoms with E-state index in [1.165, 1.54) is 11.6 Å². The first-order valence-electron chi connectivity index (χ1n) is 9.77. The van der Waals surface area contributed by atoms with Gasteiger partial charge in [0.1, 0.15) is 0 Å². The van der Waals surface area contributed by atoms with Crippen molar-refractivity contribution in [2.45, 2.75) is 38.8 Å². The molecule has 1 heterocycles. The van der Waals surface area contributed by atoms with Crippen LogP contribution < -0.4 is 0 Å². The van der Waals surface area contributed by atoms with Crippen LogP contribution in [-0.2, 0) is 21.2 Å². The van der Waals surface area contributed by atoms with Gasteiger partial charge in [-0.25, -0.2) is 8.42 Å². The van der Waals surface area contributed by atoms with Crippen molar-refractivity contribution in [3.63, 3.8) is 0 Å². The van der Waals surface area contributed by atoms with Crippen LogP contribution in [0.2, 0.25) is 5.02 Å². The van der Waals surface area contributed by atoms with E-state index < -0.39 is 9.84 Å². The third kappa shape index (κ3) is 5.71. The summed E-state index contributed by atoms with van der Waals surface area (Å²) < 4.78 is 24.0. The average Bonchev–Trinajstić information content (AvgIpc) is 3.05. The maximum atomic E-state index is 13.0. The van der Waals surface area contributed by atoms with E-state index in [0.717, 1.165) is 11.1 Å². The Bertz CT molecular complexity index is 997. The van der Waals surface area contributed by atoms with Gasteiger partial charge < -0.3 is 4.90 Å². The minimum absolute atomic E-state index is 0.0166. The second kappa shape index (κ2) is 9.14. The largest absolute Gasteiger partial charge is 0.331 e. The molecule has 3 rings (SSSR count). The number of halogens is 1. The zero-order valence-electron chi connectivity index (χ0n) is 16.7. The van der Waals surface area contributed by atoms with Crippen LogP contribution in [0.25, 0.3) is 6.08 Å². The van der Waals surface area contributed by atoms with Crippen molar-refractivity contribution in [3.8, 4) is 0 Å². The number of hydrogen-bond donors (Lipinski definition) is 0. The number of amides is 1. The lowest BCUT2D eigenvalue weighted by atomic mass is 10.0. The van der Waals surface area contributed by atoms with Crippen LogP contribution in [0.1, 0.15) is 42.9 Å². The van der Waals surface area contributed by atoms with Gasteiger partial charge in [-0.2, -0.15) is 0 Å². The molecule has 29 heavy (non-hydrogen) atoms. The molecule has 0 aromatic heterocycles. The van der Waals surface area contributed by atoms with Gasteiger partial charge in [0.25, 0.3) is 0 Å². The van der Waals surface area contributed by atoms with Crippen LogP contribution >= 0.6 is 11.6 Å². The molecule has 1 atom stereocenters. The van der Waals surface area contributed by atoms with Crippen LogP contribution in [0, 0.1) is 0 Å². The van der Waals surface area contributed by atoms with Gasteiger partial charge in [0.2, 0.25) is 5.91 Å². The van der Waals surface area contributed by atoms with Gasteiger partial charge in [0.05, 0.1) is 11.5 Å².